The van der Waals surface area contributed by atoms with Crippen LogP contribution in [0.2, 0.25) is 0 Å². The lowest BCUT2D eigenvalue weighted by Crippen LogP contribution is -2.46. The molecule has 5 nitrogen and oxygen atoms in total. The van der Waals surface area contributed by atoms with Crippen molar-refractivity contribution in [2.45, 2.75) is 13.0 Å². The van der Waals surface area contributed by atoms with Crippen molar-refractivity contribution in [3.63, 3.8) is 0 Å². The minimum Gasteiger partial charge on any atom is -0.493 e. The van der Waals surface area contributed by atoms with Crippen LogP contribution in [-0.4, -0.2) is 68.3 Å². The monoisotopic (exact) mass is 304 g/mol. The van der Waals surface area contributed by atoms with E-state index in [-0.39, 0.29) is 11.9 Å². The number of hydrogen-bond donors (Lipinski definition) is 0. The molecule has 2 saturated heterocycles. The number of fused-ring (bicyclic) bond motifs is 3. The summed E-state index contributed by atoms with van der Waals surface area (Å²) in [6.07, 6.45) is 0. The van der Waals surface area contributed by atoms with E-state index < -0.39 is 0 Å². The molecule has 2 atom stereocenters. The van der Waals surface area contributed by atoms with Crippen LogP contribution in [-0.2, 0) is 4.74 Å². The molecule has 2 fully saturated rings. The summed E-state index contributed by atoms with van der Waals surface area (Å²) in [5.74, 6) is 1.10. The Kier molecular flexibility index (Phi) is 4.64. The summed E-state index contributed by atoms with van der Waals surface area (Å²) in [5, 5.41) is 0. The van der Waals surface area contributed by atoms with Crippen molar-refractivity contribution in [2.24, 2.45) is 5.92 Å². The molecule has 1 amide bonds. The van der Waals surface area contributed by atoms with Crippen molar-refractivity contribution in [3.8, 4) is 5.75 Å². The second-order valence-corrected chi connectivity index (χ2v) is 6.17. The Morgan fingerprint density at radius 2 is 2.09 bits per heavy atom. The zero-order chi connectivity index (χ0) is 15.5. The number of amides is 1. The summed E-state index contributed by atoms with van der Waals surface area (Å²) in [4.78, 5) is 17.4. The largest absolute Gasteiger partial charge is 0.493 e. The molecule has 2 bridgehead atoms. The third-order valence-corrected chi connectivity index (χ3v) is 4.33. The van der Waals surface area contributed by atoms with Crippen LogP contribution in [0.3, 0.4) is 0 Å². The van der Waals surface area contributed by atoms with Gasteiger partial charge in [-0.05, 0) is 26.1 Å². The molecule has 22 heavy (non-hydrogen) atoms. The third-order valence-electron chi connectivity index (χ3n) is 4.33. The van der Waals surface area contributed by atoms with Gasteiger partial charge in [0.15, 0.2) is 0 Å². The number of para-hydroxylation sites is 1. The first-order valence-corrected chi connectivity index (χ1v) is 7.98. The van der Waals surface area contributed by atoms with Gasteiger partial charge in [0.1, 0.15) is 5.75 Å². The van der Waals surface area contributed by atoms with E-state index in [1.54, 1.807) is 0 Å². The van der Waals surface area contributed by atoms with Gasteiger partial charge in [-0.15, -0.1) is 0 Å². The van der Waals surface area contributed by atoms with E-state index in [9.17, 15) is 4.79 Å². The Morgan fingerprint density at radius 3 is 2.91 bits per heavy atom. The average molecular weight is 304 g/mol. The molecule has 0 N–H and O–H groups in total. The van der Waals surface area contributed by atoms with Gasteiger partial charge in [0.2, 0.25) is 0 Å². The third kappa shape index (κ3) is 3.10. The van der Waals surface area contributed by atoms with E-state index in [1.165, 1.54) is 0 Å². The van der Waals surface area contributed by atoms with Crippen molar-refractivity contribution < 1.29 is 14.3 Å². The Morgan fingerprint density at radius 1 is 1.27 bits per heavy atom. The second-order valence-electron chi connectivity index (χ2n) is 6.17. The molecular formula is C17H24N2O3. The van der Waals surface area contributed by atoms with Crippen LogP contribution in [0, 0.1) is 5.92 Å². The molecule has 1 aromatic carbocycles. The van der Waals surface area contributed by atoms with Crippen LogP contribution in [0.4, 0.5) is 0 Å². The summed E-state index contributed by atoms with van der Waals surface area (Å²) in [6, 6.07) is 7.62. The molecule has 0 saturated carbocycles. The van der Waals surface area contributed by atoms with Crippen molar-refractivity contribution in [1.29, 1.82) is 0 Å². The molecule has 0 aliphatic carbocycles. The van der Waals surface area contributed by atoms with E-state index in [0.29, 0.717) is 30.4 Å². The summed E-state index contributed by atoms with van der Waals surface area (Å²) in [7, 11) is 2.12. The molecule has 0 unspecified atom stereocenters. The Bertz CT molecular complexity index is 534. The van der Waals surface area contributed by atoms with Crippen molar-refractivity contribution >= 4 is 5.91 Å². The maximum absolute atomic E-state index is 13.1. The van der Waals surface area contributed by atoms with Crippen LogP contribution in [0.5, 0.6) is 5.75 Å². The highest BCUT2D eigenvalue weighted by atomic mass is 16.5. The molecule has 3 rings (SSSR count). The predicted molar refractivity (Wildman–Crippen MR) is 84.2 cm³/mol. The van der Waals surface area contributed by atoms with Gasteiger partial charge in [0.05, 0.1) is 31.4 Å². The molecule has 120 valence electrons. The molecular weight excluding hydrogens is 280 g/mol. The van der Waals surface area contributed by atoms with Gasteiger partial charge in [-0.1, -0.05) is 12.1 Å². The maximum Gasteiger partial charge on any atom is 0.258 e. The van der Waals surface area contributed by atoms with Gasteiger partial charge >= 0.3 is 0 Å². The number of nitrogens with zero attached hydrogens (tertiary/aromatic N) is 2. The highest BCUT2D eigenvalue weighted by Crippen LogP contribution is 2.25. The van der Waals surface area contributed by atoms with Crippen LogP contribution < -0.4 is 4.74 Å². The lowest BCUT2D eigenvalue weighted by Gasteiger charge is -2.30. The lowest BCUT2D eigenvalue weighted by atomic mass is 10.1. The fourth-order valence-electron chi connectivity index (χ4n) is 3.41. The molecule has 0 aromatic heterocycles. The quantitative estimate of drug-likeness (QED) is 0.848. The fraction of sp³-hybridized carbons (Fsp3) is 0.588. The lowest BCUT2D eigenvalue weighted by molar-refractivity contribution is 0.0481. The van der Waals surface area contributed by atoms with Crippen LogP contribution in [0.1, 0.15) is 17.3 Å². The summed E-state index contributed by atoms with van der Waals surface area (Å²) >= 11 is 0. The molecule has 2 heterocycles. The Hall–Kier alpha value is -1.59. The first-order chi connectivity index (χ1) is 10.7. The standard InChI is InChI=1S/C17H24N2O3/c1-3-22-16-7-5-4-6-15(16)17(20)19-9-13-8-18(2)10-14(19)12-21-11-13/h4-7,13-14H,3,8-12H2,1-2H3/t13-,14-/m0/s1. The smallest absolute Gasteiger partial charge is 0.258 e. The van der Waals surface area contributed by atoms with Gasteiger partial charge in [-0.3, -0.25) is 4.79 Å². The minimum atomic E-state index is 0.0554. The zero-order valence-corrected chi connectivity index (χ0v) is 13.3. The Balaban J connectivity index is 1.88. The predicted octanol–water partition coefficient (Wildman–Crippen LogP) is 1.49. The zero-order valence-electron chi connectivity index (χ0n) is 13.3. The number of carbonyl (C=O) groups is 1. The van der Waals surface area contributed by atoms with Gasteiger partial charge in [0.25, 0.3) is 5.91 Å². The fourth-order valence-corrected chi connectivity index (χ4v) is 3.41. The van der Waals surface area contributed by atoms with Gasteiger partial charge in [-0.25, -0.2) is 0 Å². The average Bonchev–Trinajstić information content (AvgIpc) is 2.77. The summed E-state index contributed by atoms with van der Waals surface area (Å²) < 4.78 is 11.4. The number of rotatable bonds is 3. The SMILES string of the molecule is CCOc1ccccc1C(=O)N1C[C@H]2COC[C@@H]1CN(C)C2. The molecule has 0 spiro atoms. The minimum absolute atomic E-state index is 0.0554. The van der Waals surface area contributed by atoms with E-state index in [2.05, 4.69) is 11.9 Å². The van der Waals surface area contributed by atoms with Gasteiger partial charge in [-0.2, -0.15) is 0 Å². The Labute approximate surface area is 131 Å². The normalized spacial score (nSPS) is 25.6. The second kappa shape index (κ2) is 6.67. The maximum atomic E-state index is 13.1. The van der Waals surface area contributed by atoms with Crippen LogP contribution in [0.25, 0.3) is 0 Å². The number of likely N-dealkylation sites (N-methyl/N-ethyl adjacent to an activating group) is 1. The van der Waals surface area contributed by atoms with E-state index >= 15 is 0 Å². The highest BCUT2D eigenvalue weighted by Gasteiger charge is 2.35. The summed E-state index contributed by atoms with van der Waals surface area (Å²) in [5.41, 5.74) is 0.652. The van der Waals surface area contributed by atoms with E-state index in [0.717, 1.165) is 26.2 Å². The van der Waals surface area contributed by atoms with E-state index in [4.69, 9.17) is 9.47 Å². The molecule has 1 aromatic rings. The molecule has 5 heteroatoms. The first-order valence-electron chi connectivity index (χ1n) is 7.98. The molecule has 2 aliphatic rings. The highest BCUT2D eigenvalue weighted by molar-refractivity contribution is 5.97. The number of benzene rings is 1. The van der Waals surface area contributed by atoms with Crippen LogP contribution in [0.15, 0.2) is 24.3 Å². The molecule has 2 aliphatic heterocycles. The van der Waals surface area contributed by atoms with E-state index in [1.807, 2.05) is 36.1 Å². The van der Waals surface area contributed by atoms with Crippen LogP contribution >= 0.6 is 0 Å². The van der Waals surface area contributed by atoms with Crippen molar-refractivity contribution in [1.82, 2.24) is 9.80 Å². The molecule has 0 radical (unpaired) electrons. The van der Waals surface area contributed by atoms with Gasteiger partial charge in [0, 0.05) is 25.6 Å². The number of ether oxygens (including phenoxy) is 2. The van der Waals surface area contributed by atoms with Crippen molar-refractivity contribution in [3.05, 3.63) is 29.8 Å². The van der Waals surface area contributed by atoms with Gasteiger partial charge < -0.3 is 19.3 Å². The first kappa shape index (κ1) is 15.3. The van der Waals surface area contributed by atoms with Crippen molar-refractivity contribution in [2.75, 3.05) is 46.5 Å². The number of hydrogen-bond acceptors (Lipinski definition) is 4. The number of carbonyl (C=O) groups excluding carboxylic acids is 1. The topological polar surface area (TPSA) is 42.0 Å². The summed E-state index contributed by atoms with van der Waals surface area (Å²) in [6.45, 7) is 6.44.